The molecule has 1 aliphatic rings. The molecule has 0 radical (unpaired) electrons. The van der Waals surface area contributed by atoms with E-state index < -0.39 is 22.1 Å². The molecular weight excluding hydrogens is 288 g/mol. The smallest absolute Gasteiger partial charge is 0.282 e. The number of amidine groups is 1. The van der Waals surface area contributed by atoms with Gasteiger partial charge in [0.2, 0.25) is 5.91 Å². The minimum atomic E-state index is -0.722. The number of hydrogen-bond acceptors (Lipinski definition) is 8. The Labute approximate surface area is 116 Å². The normalized spacial score (nSPS) is 16.8. The number of thioether (sulfide) groups is 1. The molecule has 104 valence electrons. The molecule has 1 amide bonds. The molecular formula is C10H8N4O5S. The molecule has 3 N–H and O–H groups in total. The third-order valence-corrected chi connectivity index (χ3v) is 3.12. The largest absolute Gasteiger partial charge is 0.504 e. The van der Waals surface area contributed by atoms with E-state index in [2.05, 4.69) is 15.5 Å². The first-order valence-electron chi connectivity index (χ1n) is 5.21. The molecule has 10 heteroatoms. The van der Waals surface area contributed by atoms with E-state index in [0.29, 0.717) is 0 Å². The molecule has 1 saturated heterocycles. The maximum absolute atomic E-state index is 10.9. The van der Waals surface area contributed by atoms with Crippen LogP contribution in [0.5, 0.6) is 11.5 Å². The number of nitrogens with one attached hydrogen (secondary N) is 1. The fourth-order valence-electron chi connectivity index (χ4n) is 1.37. The van der Waals surface area contributed by atoms with Gasteiger partial charge in [-0.1, -0.05) is 11.8 Å². The highest BCUT2D eigenvalue weighted by Gasteiger charge is 2.17. The quantitative estimate of drug-likeness (QED) is 0.322. The van der Waals surface area contributed by atoms with Crippen LogP contribution in [-0.2, 0) is 4.79 Å². The Morgan fingerprint density at radius 3 is 2.70 bits per heavy atom. The fraction of sp³-hybridized carbons (Fsp3) is 0.100. The predicted octanol–water partition coefficient (Wildman–Crippen LogP) is 0.559. The Kier molecular flexibility index (Phi) is 3.84. The van der Waals surface area contributed by atoms with E-state index >= 15 is 0 Å². The van der Waals surface area contributed by atoms with Gasteiger partial charge in [0, 0.05) is 0 Å². The molecule has 0 saturated carbocycles. The van der Waals surface area contributed by atoms with Gasteiger partial charge in [-0.15, -0.1) is 5.10 Å². The number of hydrogen-bond donors (Lipinski definition) is 3. The summed E-state index contributed by atoms with van der Waals surface area (Å²) in [5, 5.41) is 39.3. The number of rotatable bonds is 3. The zero-order valence-corrected chi connectivity index (χ0v) is 10.6. The second-order valence-corrected chi connectivity index (χ2v) is 4.61. The Bertz CT molecular complexity index is 643. The van der Waals surface area contributed by atoms with Gasteiger partial charge in [-0.05, 0) is 6.07 Å². The average Bonchev–Trinajstić information content (AvgIpc) is 2.79. The first-order valence-corrected chi connectivity index (χ1v) is 6.20. The molecule has 1 fully saturated rings. The first kappa shape index (κ1) is 13.8. The highest BCUT2D eigenvalue weighted by atomic mass is 32.2. The summed E-state index contributed by atoms with van der Waals surface area (Å²) < 4.78 is 0. The maximum atomic E-state index is 10.9. The molecule has 20 heavy (non-hydrogen) atoms. The number of phenolic OH excluding ortho intramolecular Hbond substituents is 2. The molecule has 0 aromatic heterocycles. The lowest BCUT2D eigenvalue weighted by atomic mass is 10.1. The van der Waals surface area contributed by atoms with E-state index in [-0.39, 0.29) is 22.4 Å². The molecule has 0 spiro atoms. The summed E-state index contributed by atoms with van der Waals surface area (Å²) in [5.74, 6) is -1.06. The van der Waals surface area contributed by atoms with Crippen molar-refractivity contribution in [3.05, 3.63) is 27.8 Å². The predicted molar refractivity (Wildman–Crippen MR) is 72.1 cm³/mol. The van der Waals surface area contributed by atoms with E-state index in [4.69, 9.17) is 0 Å². The average molecular weight is 296 g/mol. The lowest BCUT2D eigenvalue weighted by molar-refractivity contribution is -0.385. The summed E-state index contributed by atoms with van der Waals surface area (Å²) in [7, 11) is 0. The van der Waals surface area contributed by atoms with Gasteiger partial charge in [-0.25, -0.2) is 0 Å². The van der Waals surface area contributed by atoms with Gasteiger partial charge in [-0.2, -0.15) is 5.10 Å². The molecule has 1 heterocycles. The van der Waals surface area contributed by atoms with Crippen molar-refractivity contribution in [2.24, 2.45) is 10.2 Å². The van der Waals surface area contributed by atoms with Crippen LogP contribution in [0.15, 0.2) is 22.3 Å². The lowest BCUT2D eigenvalue weighted by Gasteiger charge is -2.00. The molecule has 0 unspecified atom stereocenters. The van der Waals surface area contributed by atoms with Crippen LogP contribution in [0.25, 0.3) is 0 Å². The van der Waals surface area contributed by atoms with Crippen molar-refractivity contribution in [2.45, 2.75) is 0 Å². The number of aromatic hydroxyl groups is 2. The molecule has 0 aliphatic carbocycles. The molecule has 2 rings (SSSR count). The monoisotopic (exact) mass is 296 g/mol. The minimum absolute atomic E-state index is 0.0241. The van der Waals surface area contributed by atoms with Crippen LogP contribution in [0.1, 0.15) is 5.56 Å². The summed E-state index contributed by atoms with van der Waals surface area (Å²) in [4.78, 5) is 21.0. The van der Waals surface area contributed by atoms with Crippen molar-refractivity contribution in [1.82, 2.24) is 5.32 Å². The van der Waals surface area contributed by atoms with E-state index in [0.717, 1.165) is 30.1 Å². The van der Waals surface area contributed by atoms with E-state index in [9.17, 15) is 25.1 Å². The van der Waals surface area contributed by atoms with Crippen molar-refractivity contribution in [1.29, 1.82) is 0 Å². The number of nitro benzene ring substituents is 1. The maximum Gasteiger partial charge on any atom is 0.282 e. The number of amides is 1. The zero-order chi connectivity index (χ0) is 14.7. The van der Waals surface area contributed by atoms with Gasteiger partial charge in [0.25, 0.3) is 5.69 Å². The standard InChI is InChI=1S/C10H8N4O5S/c15-7-1-5(6(14(18)19)2-8(7)16)3-11-13-10-12-9(17)4-20-10/h1-3,15-16H,4H2,(H,12,13,17). The molecule has 1 aromatic carbocycles. The van der Waals surface area contributed by atoms with E-state index in [1.54, 1.807) is 0 Å². The van der Waals surface area contributed by atoms with Crippen LogP contribution in [-0.4, -0.2) is 38.2 Å². The summed E-state index contributed by atoms with van der Waals surface area (Å²) in [6, 6.07) is 1.81. The van der Waals surface area contributed by atoms with Gasteiger partial charge in [0.05, 0.1) is 28.5 Å². The van der Waals surface area contributed by atoms with Gasteiger partial charge in [-0.3, -0.25) is 14.9 Å². The van der Waals surface area contributed by atoms with Gasteiger partial charge < -0.3 is 15.5 Å². The summed E-state index contributed by atoms with van der Waals surface area (Å²) >= 11 is 1.15. The number of carbonyl (C=O) groups is 1. The van der Waals surface area contributed by atoms with Crippen LogP contribution < -0.4 is 5.32 Å². The highest BCUT2D eigenvalue weighted by molar-refractivity contribution is 8.15. The Balaban J connectivity index is 2.26. The van der Waals surface area contributed by atoms with Crippen LogP contribution in [0.4, 0.5) is 5.69 Å². The third-order valence-electron chi connectivity index (χ3n) is 2.25. The minimum Gasteiger partial charge on any atom is -0.504 e. The molecule has 0 bridgehead atoms. The summed E-state index contributed by atoms with van der Waals surface area (Å²) in [5.41, 5.74) is -0.448. The fourth-order valence-corrected chi connectivity index (χ4v) is 2.00. The molecule has 9 nitrogen and oxygen atoms in total. The van der Waals surface area contributed by atoms with Gasteiger partial charge >= 0.3 is 0 Å². The highest BCUT2D eigenvalue weighted by Crippen LogP contribution is 2.31. The van der Waals surface area contributed by atoms with Crippen molar-refractivity contribution in [3.63, 3.8) is 0 Å². The van der Waals surface area contributed by atoms with Crippen molar-refractivity contribution >= 4 is 34.7 Å². The number of nitro groups is 1. The number of benzene rings is 1. The second-order valence-electron chi connectivity index (χ2n) is 3.64. The van der Waals surface area contributed by atoms with E-state index in [1.807, 2.05) is 0 Å². The summed E-state index contributed by atoms with van der Waals surface area (Å²) in [6.45, 7) is 0. The number of phenols is 2. The second kappa shape index (κ2) is 5.57. The van der Waals surface area contributed by atoms with Gasteiger partial charge in [0.1, 0.15) is 0 Å². The summed E-state index contributed by atoms with van der Waals surface area (Å²) in [6.07, 6.45) is 1.05. The number of nitrogens with zero attached hydrogens (tertiary/aromatic N) is 3. The zero-order valence-electron chi connectivity index (χ0n) is 9.81. The third kappa shape index (κ3) is 3.03. The molecule has 1 aliphatic heterocycles. The Hall–Kier alpha value is -2.62. The van der Waals surface area contributed by atoms with Crippen molar-refractivity contribution in [3.8, 4) is 11.5 Å². The first-order chi connectivity index (χ1) is 9.47. The van der Waals surface area contributed by atoms with Crippen molar-refractivity contribution < 1.29 is 19.9 Å². The Morgan fingerprint density at radius 1 is 1.40 bits per heavy atom. The van der Waals surface area contributed by atoms with Crippen LogP contribution >= 0.6 is 11.8 Å². The van der Waals surface area contributed by atoms with Crippen LogP contribution in [0, 0.1) is 10.1 Å². The van der Waals surface area contributed by atoms with E-state index in [1.165, 1.54) is 0 Å². The van der Waals surface area contributed by atoms with Gasteiger partial charge in [0.15, 0.2) is 16.7 Å². The molecule has 1 aromatic rings. The van der Waals surface area contributed by atoms with Crippen LogP contribution in [0.3, 0.4) is 0 Å². The SMILES string of the molecule is O=C1CSC(=NN=Cc2cc(O)c(O)cc2[N+](=O)[O-])N1. The Morgan fingerprint density at radius 2 is 2.10 bits per heavy atom. The van der Waals surface area contributed by atoms with Crippen LogP contribution in [0.2, 0.25) is 0 Å². The molecule has 0 atom stereocenters. The number of carbonyl (C=O) groups excluding carboxylic acids is 1. The lowest BCUT2D eigenvalue weighted by Crippen LogP contribution is -2.19. The topological polar surface area (TPSA) is 137 Å². The van der Waals surface area contributed by atoms with Crippen molar-refractivity contribution in [2.75, 3.05) is 5.75 Å².